The van der Waals surface area contributed by atoms with Crippen molar-refractivity contribution in [1.82, 2.24) is 0 Å². The maximum Gasteiger partial charge on any atom is 0.417 e. The fourth-order valence-electron chi connectivity index (χ4n) is 3.17. The Hall–Kier alpha value is -2.81. The normalized spacial score (nSPS) is 17.2. The van der Waals surface area contributed by atoms with Crippen molar-refractivity contribution in [3.05, 3.63) is 53.6 Å². The standard InChI is InChI=1S/C19H14F3N3O3S2/c1-18(2)16(26)24(13-4-3-11(10-23)15(9-13)19(20,21)22)17(29)25(18)12-5-7-14(8-6-12)30(27)28/h3-9H,1-2H3,(H,27,28). The molecule has 1 aliphatic heterocycles. The first-order chi connectivity index (χ1) is 13.9. The van der Waals surface area contributed by atoms with Crippen molar-refractivity contribution in [2.75, 3.05) is 9.80 Å². The quantitative estimate of drug-likeness (QED) is 0.557. The molecule has 30 heavy (non-hydrogen) atoms. The molecular weight excluding hydrogens is 439 g/mol. The lowest BCUT2D eigenvalue weighted by atomic mass is 10.0. The van der Waals surface area contributed by atoms with Gasteiger partial charge in [-0.15, -0.1) is 0 Å². The number of nitriles is 1. The van der Waals surface area contributed by atoms with Crippen LogP contribution in [0.3, 0.4) is 0 Å². The van der Waals surface area contributed by atoms with Gasteiger partial charge in [0, 0.05) is 5.69 Å². The molecule has 2 aromatic rings. The minimum atomic E-state index is -4.78. The van der Waals surface area contributed by atoms with E-state index in [1.807, 2.05) is 0 Å². The van der Waals surface area contributed by atoms with E-state index in [0.29, 0.717) is 5.69 Å². The zero-order chi connectivity index (χ0) is 22.4. The fraction of sp³-hybridized carbons (Fsp3) is 0.211. The molecule has 0 saturated carbocycles. The van der Waals surface area contributed by atoms with Gasteiger partial charge in [-0.2, -0.15) is 18.4 Å². The number of halogens is 3. The molecule has 1 saturated heterocycles. The van der Waals surface area contributed by atoms with E-state index in [4.69, 9.17) is 22.0 Å². The van der Waals surface area contributed by atoms with Crippen molar-refractivity contribution in [3.8, 4) is 6.07 Å². The number of thiocarbonyl (C=S) groups is 1. The zero-order valence-electron chi connectivity index (χ0n) is 15.6. The maximum absolute atomic E-state index is 13.4. The lowest BCUT2D eigenvalue weighted by Gasteiger charge is -2.29. The van der Waals surface area contributed by atoms with Crippen molar-refractivity contribution in [2.24, 2.45) is 0 Å². The van der Waals surface area contributed by atoms with Gasteiger partial charge in [-0.05, 0) is 68.5 Å². The Kier molecular flexibility index (Phi) is 5.44. The van der Waals surface area contributed by atoms with E-state index in [1.54, 1.807) is 13.8 Å². The average Bonchev–Trinajstić information content (AvgIpc) is 2.85. The van der Waals surface area contributed by atoms with E-state index < -0.39 is 39.8 Å². The smallest absolute Gasteiger partial charge is 0.304 e. The molecule has 0 aromatic heterocycles. The molecule has 1 aliphatic rings. The number of benzene rings is 2. The van der Waals surface area contributed by atoms with E-state index in [2.05, 4.69) is 0 Å². The van der Waals surface area contributed by atoms with Gasteiger partial charge in [-0.3, -0.25) is 9.69 Å². The number of carbonyl (C=O) groups excluding carboxylic acids is 1. The summed E-state index contributed by atoms with van der Waals surface area (Å²) in [6.07, 6.45) is -4.78. The Morgan fingerprint density at radius 1 is 1.13 bits per heavy atom. The van der Waals surface area contributed by atoms with Gasteiger partial charge in [0.2, 0.25) is 0 Å². The van der Waals surface area contributed by atoms with Crippen LogP contribution in [0, 0.1) is 11.3 Å². The first-order valence-electron chi connectivity index (χ1n) is 8.40. The summed E-state index contributed by atoms with van der Waals surface area (Å²) in [4.78, 5) is 15.7. The Labute approximate surface area is 177 Å². The predicted molar refractivity (Wildman–Crippen MR) is 108 cm³/mol. The van der Waals surface area contributed by atoms with Gasteiger partial charge in [0.1, 0.15) is 5.54 Å². The molecule has 0 radical (unpaired) electrons. The third kappa shape index (κ3) is 3.58. The minimum absolute atomic E-state index is 0.0549. The molecule has 156 valence electrons. The van der Waals surface area contributed by atoms with Crippen LogP contribution in [-0.2, 0) is 22.1 Å². The number of carbonyl (C=O) groups is 1. The van der Waals surface area contributed by atoms with Crippen LogP contribution < -0.4 is 9.80 Å². The molecule has 1 atom stereocenters. The van der Waals surface area contributed by atoms with Crippen molar-refractivity contribution >= 4 is 45.7 Å². The topological polar surface area (TPSA) is 84.6 Å². The molecule has 2 aromatic carbocycles. The number of hydrogen-bond donors (Lipinski definition) is 1. The molecule has 1 heterocycles. The van der Waals surface area contributed by atoms with Crippen LogP contribution in [-0.4, -0.2) is 25.3 Å². The Balaban J connectivity index is 2.09. The van der Waals surface area contributed by atoms with E-state index in [1.165, 1.54) is 41.3 Å². The monoisotopic (exact) mass is 453 g/mol. The molecule has 1 unspecified atom stereocenters. The third-order valence-corrected chi connectivity index (χ3v) is 5.69. The van der Waals surface area contributed by atoms with Gasteiger partial charge in [0.15, 0.2) is 16.2 Å². The van der Waals surface area contributed by atoms with E-state index >= 15 is 0 Å². The largest absolute Gasteiger partial charge is 0.417 e. The molecule has 11 heteroatoms. The van der Waals surface area contributed by atoms with E-state index in [-0.39, 0.29) is 15.7 Å². The molecule has 0 aliphatic carbocycles. The summed E-state index contributed by atoms with van der Waals surface area (Å²) < 4.78 is 60.4. The van der Waals surface area contributed by atoms with Crippen LogP contribution in [0.2, 0.25) is 0 Å². The van der Waals surface area contributed by atoms with Gasteiger partial charge in [0.05, 0.1) is 27.8 Å². The second-order valence-electron chi connectivity index (χ2n) is 6.90. The molecule has 1 N–H and O–H groups in total. The second kappa shape index (κ2) is 7.46. The van der Waals surface area contributed by atoms with Gasteiger partial charge < -0.3 is 9.45 Å². The number of anilines is 2. The number of hydrogen-bond acceptors (Lipinski definition) is 4. The molecular formula is C19H14F3N3O3S2. The molecule has 1 amide bonds. The average molecular weight is 453 g/mol. The van der Waals surface area contributed by atoms with Crippen molar-refractivity contribution in [1.29, 1.82) is 5.26 Å². The lowest BCUT2D eigenvalue weighted by molar-refractivity contribution is -0.137. The highest BCUT2D eigenvalue weighted by Gasteiger charge is 2.50. The summed E-state index contributed by atoms with van der Waals surface area (Å²) in [6, 6.07) is 10.2. The number of rotatable bonds is 3. The van der Waals surface area contributed by atoms with Crippen LogP contribution in [0.4, 0.5) is 24.5 Å². The first kappa shape index (κ1) is 21.9. The highest BCUT2D eigenvalue weighted by Crippen LogP contribution is 2.39. The number of amides is 1. The molecule has 0 spiro atoms. The van der Waals surface area contributed by atoms with Crippen LogP contribution in [0.5, 0.6) is 0 Å². The van der Waals surface area contributed by atoms with Crippen LogP contribution in [0.1, 0.15) is 25.0 Å². The van der Waals surface area contributed by atoms with Crippen molar-refractivity contribution < 1.29 is 26.7 Å². The molecule has 1 fully saturated rings. The Morgan fingerprint density at radius 3 is 2.20 bits per heavy atom. The van der Waals surface area contributed by atoms with E-state index in [0.717, 1.165) is 17.0 Å². The molecule has 0 bridgehead atoms. The van der Waals surface area contributed by atoms with Gasteiger partial charge >= 0.3 is 6.18 Å². The molecule has 6 nitrogen and oxygen atoms in total. The third-order valence-electron chi connectivity index (χ3n) is 4.65. The summed E-state index contributed by atoms with van der Waals surface area (Å²) >= 11 is 3.22. The summed E-state index contributed by atoms with van der Waals surface area (Å²) in [6.45, 7) is 3.13. The van der Waals surface area contributed by atoms with E-state index in [9.17, 15) is 22.2 Å². The molecule has 3 rings (SSSR count). The second-order valence-corrected chi connectivity index (χ2v) is 8.23. The first-order valence-corrected chi connectivity index (χ1v) is 9.92. The lowest BCUT2D eigenvalue weighted by Crippen LogP contribution is -2.44. The zero-order valence-corrected chi connectivity index (χ0v) is 17.2. The summed E-state index contributed by atoms with van der Waals surface area (Å²) in [7, 11) is 0. The summed E-state index contributed by atoms with van der Waals surface area (Å²) in [5.41, 5.74) is -2.64. The highest BCUT2D eigenvalue weighted by molar-refractivity contribution is 7.81. The number of nitrogens with zero attached hydrogens (tertiary/aromatic N) is 3. The highest BCUT2D eigenvalue weighted by atomic mass is 32.2. The van der Waals surface area contributed by atoms with Gasteiger partial charge in [-0.25, -0.2) is 4.21 Å². The number of alkyl halides is 3. The SMILES string of the molecule is CC1(C)C(=O)N(c2ccc(C#N)c(C(F)(F)F)c2)C(=S)N1c1ccc(S(=O)O)cc1. The minimum Gasteiger partial charge on any atom is -0.304 e. The Bertz CT molecular complexity index is 1110. The summed E-state index contributed by atoms with van der Waals surface area (Å²) in [5, 5.41) is 8.92. The maximum atomic E-state index is 13.4. The predicted octanol–water partition coefficient (Wildman–Crippen LogP) is 4.07. The van der Waals surface area contributed by atoms with Gasteiger partial charge in [-0.1, -0.05) is 0 Å². The van der Waals surface area contributed by atoms with Gasteiger partial charge in [0.25, 0.3) is 5.91 Å². The fourth-order valence-corrected chi connectivity index (χ4v) is 4.06. The van der Waals surface area contributed by atoms with Crippen LogP contribution in [0.15, 0.2) is 47.4 Å². The van der Waals surface area contributed by atoms with Crippen LogP contribution in [0.25, 0.3) is 0 Å². The Morgan fingerprint density at radius 2 is 1.70 bits per heavy atom. The van der Waals surface area contributed by atoms with Crippen LogP contribution >= 0.6 is 12.2 Å². The van der Waals surface area contributed by atoms with Crippen molar-refractivity contribution in [3.63, 3.8) is 0 Å². The summed E-state index contributed by atoms with van der Waals surface area (Å²) in [5.74, 6) is -0.555. The van der Waals surface area contributed by atoms with Crippen molar-refractivity contribution in [2.45, 2.75) is 30.5 Å².